The summed E-state index contributed by atoms with van der Waals surface area (Å²) in [5.74, 6) is 0.0163. The van der Waals surface area contributed by atoms with Crippen LogP contribution in [-0.4, -0.2) is 45.8 Å². The number of carboxylic acids is 1. The molecule has 1 unspecified atom stereocenters. The molecule has 2 amide bonds. The molecule has 0 radical (unpaired) electrons. The molecule has 3 N–H and O–H groups in total. The van der Waals surface area contributed by atoms with Crippen molar-refractivity contribution in [3.8, 4) is 22.6 Å². The van der Waals surface area contributed by atoms with Crippen LogP contribution in [0.2, 0.25) is 0 Å². The number of hydrogen-bond donors (Lipinski definition) is 3. The van der Waals surface area contributed by atoms with Crippen LogP contribution in [0.25, 0.3) is 11.1 Å². The summed E-state index contributed by atoms with van der Waals surface area (Å²) in [5.41, 5.74) is 2.27. The lowest BCUT2D eigenvalue weighted by Crippen LogP contribution is -2.44. The van der Waals surface area contributed by atoms with Gasteiger partial charge in [-0.15, -0.1) is 0 Å². The molecule has 0 spiro atoms. The molecule has 0 heterocycles. The number of para-hydroxylation sites is 1. The number of sulfone groups is 1. The van der Waals surface area contributed by atoms with Gasteiger partial charge in [0.25, 0.3) is 0 Å². The van der Waals surface area contributed by atoms with Crippen LogP contribution >= 0.6 is 0 Å². The summed E-state index contributed by atoms with van der Waals surface area (Å²) >= 11 is 0. The van der Waals surface area contributed by atoms with Crippen LogP contribution in [-0.2, 0) is 21.1 Å². The van der Waals surface area contributed by atoms with Crippen LogP contribution in [0.3, 0.4) is 0 Å². The highest BCUT2D eigenvalue weighted by molar-refractivity contribution is 7.91. The molecular weight excluding hydrogens is 532 g/mol. The van der Waals surface area contributed by atoms with Crippen LogP contribution < -0.4 is 20.1 Å². The standard InChI is InChI=1S/C30H28N2O7S/c1-38-25-12-8-13-26(39-2)28(25)21-17-15-20(16-18-21)19-24(29(33)34)32-30(35)31-23-11-6-7-14-27(23)40(36,37)22-9-4-3-5-10-22/h3-18,24H,19H2,1-2H3,(H,33,34)(H2,31,32,35). The first kappa shape index (κ1) is 28.2. The average molecular weight is 561 g/mol. The molecule has 0 fully saturated rings. The largest absolute Gasteiger partial charge is 0.496 e. The van der Waals surface area contributed by atoms with Gasteiger partial charge in [0.05, 0.1) is 35.3 Å². The van der Waals surface area contributed by atoms with Crippen molar-refractivity contribution in [2.24, 2.45) is 0 Å². The summed E-state index contributed by atoms with van der Waals surface area (Å²) in [5, 5.41) is 14.7. The Morgan fingerprint density at radius 2 is 1.40 bits per heavy atom. The lowest BCUT2D eigenvalue weighted by molar-refractivity contribution is -0.139. The molecule has 206 valence electrons. The summed E-state index contributed by atoms with van der Waals surface area (Å²) < 4.78 is 37.2. The molecule has 4 rings (SSSR count). The van der Waals surface area contributed by atoms with E-state index in [9.17, 15) is 23.1 Å². The molecule has 0 aliphatic heterocycles. The number of anilines is 1. The maximum atomic E-state index is 13.1. The van der Waals surface area contributed by atoms with E-state index >= 15 is 0 Å². The van der Waals surface area contributed by atoms with Gasteiger partial charge in [-0.2, -0.15) is 0 Å². The quantitative estimate of drug-likeness (QED) is 0.248. The highest BCUT2D eigenvalue weighted by Crippen LogP contribution is 2.38. The average Bonchev–Trinajstić information content (AvgIpc) is 2.97. The summed E-state index contributed by atoms with van der Waals surface area (Å²) in [4.78, 5) is 24.8. The highest BCUT2D eigenvalue weighted by atomic mass is 32.2. The molecule has 0 aliphatic rings. The van der Waals surface area contributed by atoms with E-state index in [2.05, 4.69) is 10.6 Å². The minimum atomic E-state index is -3.92. The van der Waals surface area contributed by atoms with Crippen molar-refractivity contribution in [3.63, 3.8) is 0 Å². The van der Waals surface area contributed by atoms with E-state index in [1.54, 1.807) is 56.7 Å². The second-order valence-electron chi connectivity index (χ2n) is 8.74. The van der Waals surface area contributed by atoms with Gasteiger partial charge in [0.1, 0.15) is 17.5 Å². The van der Waals surface area contributed by atoms with E-state index in [0.717, 1.165) is 11.1 Å². The number of aliphatic carboxylic acids is 1. The second kappa shape index (κ2) is 12.4. The Morgan fingerprint density at radius 1 is 0.800 bits per heavy atom. The molecule has 0 bridgehead atoms. The van der Waals surface area contributed by atoms with Crippen molar-refractivity contribution in [1.29, 1.82) is 0 Å². The molecule has 0 aromatic heterocycles. The molecule has 40 heavy (non-hydrogen) atoms. The normalized spacial score (nSPS) is 11.8. The number of ether oxygens (including phenoxy) is 2. The lowest BCUT2D eigenvalue weighted by atomic mass is 9.99. The zero-order valence-corrected chi connectivity index (χ0v) is 22.6. The Balaban J connectivity index is 1.50. The molecule has 4 aromatic carbocycles. The van der Waals surface area contributed by atoms with Gasteiger partial charge < -0.3 is 25.2 Å². The minimum Gasteiger partial charge on any atom is -0.496 e. The number of carboxylic acid groups (broad SMARTS) is 1. The second-order valence-corrected chi connectivity index (χ2v) is 10.7. The number of rotatable bonds is 10. The molecule has 0 saturated carbocycles. The molecule has 0 aliphatic carbocycles. The van der Waals surface area contributed by atoms with Crippen LogP contribution in [0.5, 0.6) is 11.5 Å². The predicted octanol–water partition coefficient (Wildman–Crippen LogP) is 5.02. The predicted molar refractivity (Wildman–Crippen MR) is 151 cm³/mol. The Labute approximate surface area is 232 Å². The summed E-state index contributed by atoms with van der Waals surface area (Å²) in [6.07, 6.45) is -0.00392. The molecular formula is C30H28N2O7S. The number of amides is 2. The lowest BCUT2D eigenvalue weighted by Gasteiger charge is -2.17. The van der Waals surface area contributed by atoms with E-state index in [4.69, 9.17) is 9.47 Å². The number of urea groups is 1. The van der Waals surface area contributed by atoms with Crippen molar-refractivity contribution in [3.05, 3.63) is 103 Å². The smallest absolute Gasteiger partial charge is 0.326 e. The fourth-order valence-corrected chi connectivity index (χ4v) is 5.66. The van der Waals surface area contributed by atoms with Gasteiger partial charge >= 0.3 is 12.0 Å². The first-order valence-electron chi connectivity index (χ1n) is 12.2. The number of methoxy groups -OCH3 is 2. The number of hydrogen-bond acceptors (Lipinski definition) is 6. The zero-order chi connectivity index (χ0) is 28.7. The van der Waals surface area contributed by atoms with Crippen molar-refractivity contribution in [2.45, 2.75) is 22.3 Å². The number of carbonyl (C=O) groups is 2. The fourth-order valence-electron chi connectivity index (χ4n) is 4.23. The molecule has 4 aromatic rings. The molecule has 0 saturated heterocycles. The zero-order valence-electron chi connectivity index (χ0n) is 21.8. The molecule has 9 nitrogen and oxygen atoms in total. The maximum Gasteiger partial charge on any atom is 0.326 e. The van der Waals surface area contributed by atoms with Gasteiger partial charge in [-0.1, -0.05) is 60.7 Å². The topological polar surface area (TPSA) is 131 Å². The maximum absolute atomic E-state index is 13.1. The monoisotopic (exact) mass is 560 g/mol. The van der Waals surface area contributed by atoms with Gasteiger partial charge in [0, 0.05) is 6.42 Å². The van der Waals surface area contributed by atoms with Crippen molar-refractivity contribution in [2.75, 3.05) is 19.5 Å². The minimum absolute atomic E-state index is 0.00392. The molecule has 1 atom stereocenters. The third-order valence-electron chi connectivity index (χ3n) is 6.19. The van der Waals surface area contributed by atoms with E-state index in [-0.39, 0.29) is 21.9 Å². The Bertz CT molecular complexity index is 1580. The van der Waals surface area contributed by atoms with E-state index in [0.29, 0.717) is 17.1 Å². The Morgan fingerprint density at radius 3 is 2.00 bits per heavy atom. The van der Waals surface area contributed by atoms with Crippen molar-refractivity contribution < 1.29 is 32.6 Å². The van der Waals surface area contributed by atoms with E-state index < -0.39 is 27.9 Å². The first-order valence-corrected chi connectivity index (χ1v) is 13.7. The number of nitrogens with one attached hydrogen (secondary N) is 2. The van der Waals surface area contributed by atoms with Crippen molar-refractivity contribution >= 4 is 27.5 Å². The van der Waals surface area contributed by atoms with Crippen molar-refractivity contribution in [1.82, 2.24) is 5.32 Å². The van der Waals surface area contributed by atoms with Crippen LogP contribution in [0, 0.1) is 0 Å². The Kier molecular flexibility index (Phi) is 8.70. The van der Waals surface area contributed by atoms with Gasteiger partial charge in [0.15, 0.2) is 0 Å². The fraction of sp³-hybridized carbons (Fsp3) is 0.133. The van der Waals surface area contributed by atoms with Crippen LogP contribution in [0.15, 0.2) is 107 Å². The third kappa shape index (κ3) is 6.24. The number of carbonyl (C=O) groups excluding carboxylic acids is 1. The highest BCUT2D eigenvalue weighted by Gasteiger charge is 2.24. The number of benzene rings is 4. The summed E-state index contributed by atoms with van der Waals surface area (Å²) in [7, 11) is -0.791. The third-order valence-corrected chi connectivity index (χ3v) is 8.02. The summed E-state index contributed by atoms with van der Waals surface area (Å²) in [6, 6.07) is 24.3. The van der Waals surface area contributed by atoms with Gasteiger partial charge in [-0.25, -0.2) is 18.0 Å². The van der Waals surface area contributed by atoms with E-state index in [1.807, 2.05) is 30.3 Å². The Hall–Kier alpha value is -4.83. The summed E-state index contributed by atoms with van der Waals surface area (Å²) in [6.45, 7) is 0. The van der Waals surface area contributed by atoms with Gasteiger partial charge in [-0.3, -0.25) is 0 Å². The van der Waals surface area contributed by atoms with Gasteiger partial charge in [-0.05, 0) is 47.5 Å². The van der Waals surface area contributed by atoms with Gasteiger partial charge in [0.2, 0.25) is 9.84 Å². The molecule has 10 heteroatoms. The first-order chi connectivity index (χ1) is 19.2. The van der Waals surface area contributed by atoms with Crippen LogP contribution in [0.1, 0.15) is 5.56 Å². The van der Waals surface area contributed by atoms with Crippen LogP contribution in [0.4, 0.5) is 10.5 Å². The SMILES string of the molecule is COc1cccc(OC)c1-c1ccc(CC(NC(=O)Nc2ccccc2S(=O)(=O)c2ccccc2)C(=O)O)cc1. The van der Waals surface area contributed by atoms with E-state index in [1.165, 1.54) is 24.3 Å².